The SMILES string of the molecule is C[Si](C)(N=C=O)C([Si](C)(C)c1ccccc1)([Si](C)(C)c1ccccc1)[Si](C)(C)c1ccccc1. The lowest BCUT2D eigenvalue weighted by Gasteiger charge is -2.66. The maximum Gasteiger partial charge on any atom is 0.224 e. The van der Waals surface area contributed by atoms with Gasteiger partial charge in [-0.05, 0) is 17.0 Å². The van der Waals surface area contributed by atoms with Gasteiger partial charge < -0.3 is 0 Å². The molecule has 178 valence electrons. The van der Waals surface area contributed by atoms with Crippen molar-refractivity contribution < 1.29 is 4.79 Å². The van der Waals surface area contributed by atoms with Gasteiger partial charge in [-0.25, -0.2) is 9.45 Å². The van der Waals surface area contributed by atoms with E-state index in [2.05, 4.69) is 149 Å². The fraction of sp³-hybridized carbons (Fsp3) is 0.321. The normalized spacial score (nSPS) is 13.3. The third-order valence-electron chi connectivity index (χ3n) is 8.54. The van der Waals surface area contributed by atoms with E-state index in [1.165, 1.54) is 15.6 Å². The molecule has 0 heterocycles. The summed E-state index contributed by atoms with van der Waals surface area (Å²) in [6, 6.07) is 33.4. The van der Waals surface area contributed by atoms with Gasteiger partial charge in [-0.3, -0.25) is 0 Å². The van der Waals surface area contributed by atoms with Gasteiger partial charge in [-0.1, -0.05) is 146 Å². The molecule has 0 aromatic heterocycles. The van der Waals surface area contributed by atoms with Crippen molar-refractivity contribution in [2.45, 2.75) is 56.3 Å². The van der Waals surface area contributed by atoms with Crippen LogP contribution in [0.3, 0.4) is 0 Å². The highest BCUT2D eigenvalue weighted by molar-refractivity contribution is 7.36. The van der Waals surface area contributed by atoms with Crippen molar-refractivity contribution in [3.63, 3.8) is 0 Å². The summed E-state index contributed by atoms with van der Waals surface area (Å²) in [6.07, 6.45) is 2.09. The molecule has 3 aromatic rings. The number of benzene rings is 3. The van der Waals surface area contributed by atoms with Gasteiger partial charge in [0.1, 0.15) is 0 Å². The zero-order valence-electron chi connectivity index (χ0n) is 22.0. The van der Waals surface area contributed by atoms with E-state index in [1.54, 1.807) is 0 Å². The van der Waals surface area contributed by atoms with Crippen LogP contribution in [0.2, 0.25) is 56.3 Å². The van der Waals surface area contributed by atoms with Crippen molar-refractivity contribution >= 4 is 54.1 Å². The molecule has 0 saturated heterocycles. The minimum atomic E-state index is -2.55. The van der Waals surface area contributed by atoms with Crippen LogP contribution in [0.15, 0.2) is 95.7 Å². The van der Waals surface area contributed by atoms with E-state index >= 15 is 0 Å². The first-order valence-corrected chi connectivity index (χ1v) is 24.1. The summed E-state index contributed by atoms with van der Waals surface area (Å²) >= 11 is 0. The molecule has 0 unspecified atom stereocenters. The maximum atomic E-state index is 12.0. The second-order valence-electron chi connectivity index (χ2n) is 11.5. The lowest BCUT2D eigenvalue weighted by atomic mass is 10.4. The van der Waals surface area contributed by atoms with Gasteiger partial charge in [-0.15, -0.1) is 0 Å². The molecule has 0 fully saturated rings. The van der Waals surface area contributed by atoms with Crippen molar-refractivity contribution in [3.8, 4) is 0 Å². The highest BCUT2D eigenvalue weighted by Gasteiger charge is 2.73. The molecule has 0 atom stereocenters. The van der Waals surface area contributed by atoms with Gasteiger partial charge in [0.05, 0.1) is 24.2 Å². The summed E-state index contributed by atoms with van der Waals surface area (Å²) in [5.74, 6) is 0. The molecule has 6 heteroatoms. The quantitative estimate of drug-likeness (QED) is 0.213. The summed E-state index contributed by atoms with van der Waals surface area (Å²) < 4.78 is 4.82. The smallest absolute Gasteiger partial charge is 0.224 e. The summed E-state index contributed by atoms with van der Waals surface area (Å²) in [5.41, 5.74) is 0. The van der Waals surface area contributed by atoms with E-state index in [0.717, 1.165) is 0 Å². The van der Waals surface area contributed by atoms with Crippen LogP contribution in [0.25, 0.3) is 0 Å². The van der Waals surface area contributed by atoms with Crippen molar-refractivity contribution in [1.82, 2.24) is 0 Å². The number of hydrogen-bond acceptors (Lipinski definition) is 2. The lowest BCUT2D eigenvalue weighted by Crippen LogP contribution is -2.85. The predicted molar refractivity (Wildman–Crippen MR) is 159 cm³/mol. The fourth-order valence-corrected chi connectivity index (χ4v) is 54.3. The number of carbonyl (C=O) groups excluding carboxylic acids is 1. The molecule has 34 heavy (non-hydrogen) atoms. The second kappa shape index (κ2) is 9.51. The Morgan fingerprint density at radius 3 is 1.03 bits per heavy atom. The molecule has 0 bridgehead atoms. The molecule has 0 aliphatic rings. The molecule has 0 saturated carbocycles. The van der Waals surface area contributed by atoms with Crippen molar-refractivity contribution in [2.75, 3.05) is 0 Å². The highest BCUT2D eigenvalue weighted by Crippen LogP contribution is 2.59. The Kier molecular flexibility index (Phi) is 7.42. The Morgan fingerprint density at radius 2 is 0.794 bits per heavy atom. The van der Waals surface area contributed by atoms with Gasteiger partial charge in [0, 0.05) is 0 Å². The molecular formula is C28H39NOSi4. The Morgan fingerprint density at radius 1 is 0.529 bits per heavy atom. The first-order valence-electron chi connectivity index (χ1n) is 12.1. The Bertz CT molecular complexity index is 1030. The fourth-order valence-electron chi connectivity index (χ4n) is 8.05. The summed E-state index contributed by atoms with van der Waals surface area (Å²) in [7, 11) is -9.32. The van der Waals surface area contributed by atoms with E-state index in [1.807, 2.05) is 0 Å². The Hall–Kier alpha value is -2.09. The third kappa shape index (κ3) is 3.91. The van der Waals surface area contributed by atoms with Crippen LogP contribution in [-0.4, -0.2) is 38.5 Å². The van der Waals surface area contributed by atoms with E-state index in [9.17, 15) is 4.79 Å². The van der Waals surface area contributed by atoms with Gasteiger partial charge in [-0.2, -0.15) is 0 Å². The van der Waals surface area contributed by atoms with Crippen molar-refractivity contribution in [1.29, 1.82) is 0 Å². The van der Waals surface area contributed by atoms with Crippen LogP contribution in [0, 0.1) is 0 Å². The van der Waals surface area contributed by atoms with Crippen LogP contribution in [-0.2, 0) is 4.79 Å². The Labute approximate surface area is 210 Å². The second-order valence-corrected chi connectivity index (χ2v) is 32.3. The molecule has 0 aliphatic carbocycles. The summed E-state index contributed by atoms with van der Waals surface area (Å²) in [4.78, 5) is 12.0. The van der Waals surface area contributed by atoms with Crippen LogP contribution in [0.1, 0.15) is 0 Å². The molecule has 0 spiro atoms. The third-order valence-corrected chi connectivity index (χ3v) is 44.4. The summed E-state index contributed by atoms with van der Waals surface area (Å²) in [6.45, 7) is 20.1. The minimum Gasteiger partial charge on any atom is -0.248 e. The van der Waals surface area contributed by atoms with Gasteiger partial charge in [0.15, 0.2) is 8.24 Å². The molecule has 0 radical (unpaired) electrons. The van der Waals surface area contributed by atoms with Gasteiger partial charge >= 0.3 is 0 Å². The molecular weight excluding hydrogens is 479 g/mol. The monoisotopic (exact) mass is 517 g/mol. The van der Waals surface area contributed by atoms with E-state index in [4.69, 9.17) is 4.66 Å². The van der Waals surface area contributed by atoms with Crippen LogP contribution in [0.5, 0.6) is 0 Å². The topological polar surface area (TPSA) is 29.4 Å². The standard InChI is InChI=1S/C28H39NOSi4/c1-31(2,25-18-12-9-13-19-25)28(34(7,8)29-24-30,32(3,4)26-20-14-10-15-21-26)33(5,6)27-22-16-11-17-23-27/h9-23H,1-8H3. The van der Waals surface area contributed by atoms with Crippen molar-refractivity contribution in [3.05, 3.63) is 91.0 Å². The Balaban J connectivity index is 2.60. The number of nitrogens with zero attached hydrogens (tertiary/aromatic N) is 1. The van der Waals surface area contributed by atoms with E-state index < -0.39 is 32.5 Å². The first-order chi connectivity index (χ1) is 15.9. The highest BCUT2D eigenvalue weighted by atomic mass is 28.5. The predicted octanol–water partition coefficient (Wildman–Crippen LogP) is 5.73. The van der Waals surface area contributed by atoms with Crippen molar-refractivity contribution in [2.24, 2.45) is 4.66 Å². The molecule has 3 rings (SSSR count). The van der Waals surface area contributed by atoms with Crippen LogP contribution >= 0.6 is 0 Å². The van der Waals surface area contributed by atoms with E-state index in [-0.39, 0.29) is 3.91 Å². The average molecular weight is 518 g/mol. The lowest BCUT2D eigenvalue weighted by molar-refractivity contribution is 0.565. The first kappa shape index (κ1) is 26.5. The van der Waals surface area contributed by atoms with Crippen LogP contribution in [0.4, 0.5) is 0 Å². The largest absolute Gasteiger partial charge is 0.248 e. The zero-order valence-corrected chi connectivity index (χ0v) is 26.0. The summed E-state index contributed by atoms with van der Waals surface area (Å²) in [5, 5.41) is 4.39. The molecule has 0 N–H and O–H groups in total. The van der Waals surface area contributed by atoms with Gasteiger partial charge in [0.2, 0.25) is 6.08 Å². The molecule has 0 amide bonds. The minimum absolute atomic E-state index is 0.0263. The molecule has 2 nitrogen and oxygen atoms in total. The number of hydrogen-bond donors (Lipinski definition) is 0. The van der Waals surface area contributed by atoms with E-state index in [0.29, 0.717) is 0 Å². The number of isocyanates is 1. The van der Waals surface area contributed by atoms with Gasteiger partial charge in [0.25, 0.3) is 0 Å². The molecule has 3 aromatic carbocycles. The number of rotatable bonds is 8. The average Bonchev–Trinajstić information content (AvgIpc) is 2.80. The zero-order chi connectivity index (χ0) is 25.3. The maximum absolute atomic E-state index is 12.0. The molecule has 0 aliphatic heterocycles. The van der Waals surface area contributed by atoms with Crippen LogP contribution < -0.4 is 15.6 Å².